The predicted molar refractivity (Wildman–Crippen MR) is 43.3 cm³/mol. The van der Waals surface area contributed by atoms with Crippen LogP contribution in [0.5, 0.6) is 0 Å². The van der Waals surface area contributed by atoms with E-state index in [4.69, 9.17) is 10.9 Å². The molecule has 2 aromatic rings. The average molecular weight is 178 g/mol. The fourth-order valence-electron chi connectivity index (χ4n) is 1.02. The standard InChI is InChI=1S/C6H6N6O/c7-5(9-13)4-2-1-3-12-6(4)8-10-11-12/h1-3,13H,(H2,7,9). The maximum atomic E-state index is 8.47. The van der Waals surface area contributed by atoms with Crippen molar-refractivity contribution in [2.24, 2.45) is 10.9 Å². The van der Waals surface area contributed by atoms with E-state index in [-0.39, 0.29) is 5.84 Å². The number of hydrogen-bond acceptors (Lipinski definition) is 5. The van der Waals surface area contributed by atoms with Gasteiger partial charge in [-0.05, 0) is 22.6 Å². The Bertz CT molecular complexity index is 461. The molecule has 3 N–H and O–H groups in total. The van der Waals surface area contributed by atoms with Gasteiger partial charge in [0.25, 0.3) is 0 Å². The summed E-state index contributed by atoms with van der Waals surface area (Å²) in [5, 5.41) is 22.2. The Morgan fingerprint density at radius 2 is 2.46 bits per heavy atom. The predicted octanol–water partition coefficient (Wildman–Crippen LogP) is -0.781. The molecule has 0 unspecified atom stereocenters. The molecule has 13 heavy (non-hydrogen) atoms. The summed E-state index contributed by atoms with van der Waals surface area (Å²) >= 11 is 0. The van der Waals surface area contributed by atoms with Crippen molar-refractivity contribution in [3.8, 4) is 0 Å². The van der Waals surface area contributed by atoms with Crippen LogP contribution in [0.25, 0.3) is 5.65 Å². The molecule has 7 heteroatoms. The van der Waals surface area contributed by atoms with Crippen molar-refractivity contribution < 1.29 is 5.21 Å². The lowest BCUT2D eigenvalue weighted by Crippen LogP contribution is -2.14. The first-order valence-corrected chi connectivity index (χ1v) is 3.47. The summed E-state index contributed by atoms with van der Waals surface area (Å²) in [7, 11) is 0. The van der Waals surface area contributed by atoms with Gasteiger partial charge in [-0.3, -0.25) is 0 Å². The highest BCUT2D eigenvalue weighted by atomic mass is 16.4. The molecule has 2 heterocycles. The molecule has 0 spiro atoms. The molecule has 0 saturated heterocycles. The molecule has 0 aromatic carbocycles. The molecule has 7 nitrogen and oxygen atoms in total. The van der Waals surface area contributed by atoms with E-state index in [2.05, 4.69) is 20.7 Å². The van der Waals surface area contributed by atoms with E-state index in [0.29, 0.717) is 11.2 Å². The minimum Gasteiger partial charge on any atom is -0.409 e. The number of pyridine rings is 1. The first-order valence-electron chi connectivity index (χ1n) is 3.47. The number of oxime groups is 1. The fraction of sp³-hybridized carbons (Fsp3) is 0. The van der Waals surface area contributed by atoms with Crippen molar-refractivity contribution in [1.82, 2.24) is 20.0 Å². The number of amidine groups is 1. The second-order valence-electron chi connectivity index (χ2n) is 2.35. The number of tetrazole rings is 1. The van der Waals surface area contributed by atoms with Gasteiger partial charge >= 0.3 is 0 Å². The number of nitrogens with two attached hydrogens (primary N) is 1. The summed E-state index contributed by atoms with van der Waals surface area (Å²) in [6, 6.07) is 3.37. The lowest BCUT2D eigenvalue weighted by atomic mass is 10.2. The monoisotopic (exact) mass is 178 g/mol. The second-order valence-corrected chi connectivity index (χ2v) is 2.35. The lowest BCUT2D eigenvalue weighted by molar-refractivity contribution is 0.318. The highest BCUT2D eigenvalue weighted by Crippen LogP contribution is 2.04. The molecule has 0 bridgehead atoms. The van der Waals surface area contributed by atoms with Crippen molar-refractivity contribution >= 4 is 11.5 Å². The minimum absolute atomic E-state index is 0.0135. The topological polar surface area (TPSA) is 102 Å². The summed E-state index contributed by atoms with van der Waals surface area (Å²) in [6.07, 6.45) is 1.67. The zero-order valence-corrected chi connectivity index (χ0v) is 6.49. The Hall–Kier alpha value is -2.18. The molecule has 0 aliphatic heterocycles. The van der Waals surface area contributed by atoms with E-state index in [1.807, 2.05) is 0 Å². The van der Waals surface area contributed by atoms with Crippen molar-refractivity contribution in [2.45, 2.75) is 0 Å². The van der Waals surface area contributed by atoms with Crippen LogP contribution in [0.3, 0.4) is 0 Å². The number of aromatic nitrogens is 4. The Balaban J connectivity index is 2.75. The van der Waals surface area contributed by atoms with E-state index in [1.165, 1.54) is 4.52 Å². The zero-order chi connectivity index (χ0) is 9.26. The van der Waals surface area contributed by atoms with E-state index in [9.17, 15) is 0 Å². The third-order valence-corrected chi connectivity index (χ3v) is 1.61. The average Bonchev–Trinajstić information content (AvgIpc) is 2.63. The molecule has 0 atom stereocenters. The smallest absolute Gasteiger partial charge is 0.190 e. The van der Waals surface area contributed by atoms with Gasteiger partial charge in [0.1, 0.15) is 0 Å². The number of hydrogen-bond donors (Lipinski definition) is 2. The molecular weight excluding hydrogens is 172 g/mol. The Kier molecular flexibility index (Phi) is 1.55. The van der Waals surface area contributed by atoms with Crippen molar-refractivity contribution in [1.29, 1.82) is 0 Å². The van der Waals surface area contributed by atoms with Crippen LogP contribution in [0.1, 0.15) is 5.56 Å². The molecular formula is C6H6N6O. The van der Waals surface area contributed by atoms with Gasteiger partial charge in [-0.1, -0.05) is 5.16 Å². The van der Waals surface area contributed by atoms with Crippen LogP contribution in [-0.4, -0.2) is 31.1 Å². The maximum Gasteiger partial charge on any atom is 0.190 e. The number of nitrogens with zero attached hydrogens (tertiary/aromatic N) is 5. The van der Waals surface area contributed by atoms with E-state index >= 15 is 0 Å². The molecule has 66 valence electrons. The Labute approximate surface area is 72.5 Å². The van der Waals surface area contributed by atoms with Gasteiger partial charge in [0, 0.05) is 6.20 Å². The van der Waals surface area contributed by atoms with Gasteiger partial charge in [-0.25, -0.2) is 0 Å². The van der Waals surface area contributed by atoms with Crippen LogP contribution < -0.4 is 5.73 Å². The first kappa shape index (κ1) is 7.47. The summed E-state index contributed by atoms with van der Waals surface area (Å²) in [5.74, 6) is -0.0135. The molecule has 0 aliphatic rings. The molecule has 2 rings (SSSR count). The normalized spacial score (nSPS) is 12.2. The molecule has 2 aromatic heterocycles. The molecule has 0 radical (unpaired) electrons. The van der Waals surface area contributed by atoms with Gasteiger partial charge in [0.2, 0.25) is 0 Å². The van der Waals surface area contributed by atoms with Gasteiger partial charge in [-0.2, -0.15) is 4.52 Å². The van der Waals surface area contributed by atoms with E-state index < -0.39 is 0 Å². The molecule has 0 saturated carbocycles. The second kappa shape index (κ2) is 2.70. The van der Waals surface area contributed by atoms with Crippen LogP contribution in [0.15, 0.2) is 23.5 Å². The van der Waals surface area contributed by atoms with Crippen LogP contribution in [-0.2, 0) is 0 Å². The van der Waals surface area contributed by atoms with E-state index in [0.717, 1.165) is 0 Å². The van der Waals surface area contributed by atoms with Crippen LogP contribution in [0.4, 0.5) is 0 Å². The largest absolute Gasteiger partial charge is 0.409 e. The van der Waals surface area contributed by atoms with Crippen LogP contribution in [0.2, 0.25) is 0 Å². The van der Waals surface area contributed by atoms with Gasteiger partial charge in [0.15, 0.2) is 11.5 Å². The van der Waals surface area contributed by atoms with E-state index in [1.54, 1.807) is 18.3 Å². The third-order valence-electron chi connectivity index (χ3n) is 1.61. The summed E-state index contributed by atoms with van der Waals surface area (Å²) in [4.78, 5) is 0. The van der Waals surface area contributed by atoms with Crippen LogP contribution >= 0.6 is 0 Å². The Morgan fingerprint density at radius 3 is 3.23 bits per heavy atom. The summed E-state index contributed by atoms with van der Waals surface area (Å²) in [5.41, 5.74) is 6.36. The zero-order valence-electron chi connectivity index (χ0n) is 6.49. The molecule has 0 amide bonds. The quantitative estimate of drug-likeness (QED) is 0.258. The Morgan fingerprint density at radius 1 is 1.62 bits per heavy atom. The molecule has 0 aliphatic carbocycles. The van der Waals surface area contributed by atoms with Crippen molar-refractivity contribution in [3.63, 3.8) is 0 Å². The summed E-state index contributed by atoms with van der Waals surface area (Å²) in [6.45, 7) is 0. The number of rotatable bonds is 1. The van der Waals surface area contributed by atoms with Crippen molar-refractivity contribution in [3.05, 3.63) is 23.9 Å². The minimum atomic E-state index is -0.0135. The highest BCUT2D eigenvalue weighted by Gasteiger charge is 2.07. The van der Waals surface area contributed by atoms with Gasteiger partial charge in [-0.15, -0.1) is 5.10 Å². The lowest BCUT2D eigenvalue weighted by Gasteiger charge is -1.97. The maximum absolute atomic E-state index is 8.47. The first-order chi connectivity index (χ1) is 6.33. The van der Waals surface area contributed by atoms with Crippen LogP contribution in [0, 0.1) is 0 Å². The molecule has 0 fully saturated rings. The fourth-order valence-corrected chi connectivity index (χ4v) is 1.02. The highest BCUT2D eigenvalue weighted by molar-refractivity contribution is 6.01. The summed E-state index contributed by atoms with van der Waals surface area (Å²) < 4.78 is 1.44. The number of fused-ring (bicyclic) bond motifs is 1. The van der Waals surface area contributed by atoms with Gasteiger partial charge in [0.05, 0.1) is 5.56 Å². The van der Waals surface area contributed by atoms with Gasteiger partial charge < -0.3 is 10.9 Å². The van der Waals surface area contributed by atoms with Crippen molar-refractivity contribution in [2.75, 3.05) is 0 Å². The SMILES string of the molecule is N/C(=N/O)c1cccn2nnnc12. The third kappa shape index (κ3) is 1.06.